The molecule has 0 radical (unpaired) electrons. The first-order valence-electron chi connectivity index (χ1n) is 14.6. The second-order valence-electron chi connectivity index (χ2n) is 10.6. The van der Waals surface area contributed by atoms with Gasteiger partial charge in [0.2, 0.25) is 0 Å². The molecule has 0 bridgehead atoms. The lowest BCUT2D eigenvalue weighted by Gasteiger charge is -2.16. The average molecular weight is 632 g/mol. The molecule has 1 aromatic heterocycles. The number of ether oxygens (including phenoxy) is 2. The van der Waals surface area contributed by atoms with E-state index in [1.165, 1.54) is 20.1 Å². The highest BCUT2D eigenvalue weighted by atomic mass is 16.5. The molecule has 2 N–H and O–H groups in total. The number of nitrogens with zero attached hydrogens (tertiary/aromatic N) is 3. The number of Topliss-reactive ketones (excluding diaryl/α,β-unsaturated/α-hetero) is 2. The molecular weight excluding hydrogens is 590 g/mol. The number of aliphatic hydroxyl groups excluding tert-OH is 2. The largest absolute Gasteiger partial charge is 0.469 e. The second kappa shape index (κ2) is 18.4. The van der Waals surface area contributed by atoms with Crippen LogP contribution < -0.4 is 17.1 Å². The van der Waals surface area contributed by atoms with Crippen LogP contribution in [-0.2, 0) is 61.1 Å². The van der Waals surface area contributed by atoms with E-state index in [-0.39, 0.29) is 75.6 Å². The fourth-order valence-corrected chi connectivity index (χ4v) is 4.54. The lowest BCUT2D eigenvalue weighted by molar-refractivity contribution is -0.147. The quantitative estimate of drug-likeness (QED) is 0.148. The summed E-state index contributed by atoms with van der Waals surface area (Å²) in [4.78, 5) is 86.4. The van der Waals surface area contributed by atoms with Crippen LogP contribution in [0.4, 0.5) is 0 Å². The van der Waals surface area contributed by atoms with E-state index in [1.54, 1.807) is 24.3 Å². The van der Waals surface area contributed by atoms with Crippen molar-refractivity contribution in [1.82, 2.24) is 13.7 Å². The summed E-state index contributed by atoms with van der Waals surface area (Å²) in [5.41, 5.74) is -1.52. The third-order valence-corrected chi connectivity index (χ3v) is 6.77. The van der Waals surface area contributed by atoms with Gasteiger partial charge in [0.05, 0.1) is 32.8 Å². The molecular formula is C31H41N3O11. The number of carbonyl (C=O) groups excluding carboxylic acids is 4. The Morgan fingerprint density at radius 2 is 1.29 bits per heavy atom. The maximum atomic E-state index is 12.8. The summed E-state index contributed by atoms with van der Waals surface area (Å²) < 4.78 is 11.7. The zero-order chi connectivity index (χ0) is 33.5. The fraction of sp³-hybridized carbons (Fsp3) is 0.516. The standard InChI is InChI=1S/C31H41N3O11/c1-4-15-32-29(41)33(18-21(2)35)31(43)34(30(32)42)19-26(38)20-45-28(40)14-8-12-25(37)17-23-10-6-5-9-22(23)16-24(36)11-7-13-27(39)44-3/h4-6,9-10,21,26,35,38H,1,7-8,11-20H2,2-3H3. The second-order valence-corrected chi connectivity index (χ2v) is 10.6. The van der Waals surface area contributed by atoms with Crippen molar-refractivity contribution in [3.05, 3.63) is 79.5 Å². The highest BCUT2D eigenvalue weighted by molar-refractivity contribution is 5.84. The van der Waals surface area contributed by atoms with Gasteiger partial charge in [0, 0.05) is 38.5 Å². The third kappa shape index (κ3) is 11.9. The number of benzene rings is 1. The zero-order valence-electron chi connectivity index (χ0n) is 25.6. The zero-order valence-corrected chi connectivity index (χ0v) is 25.6. The van der Waals surface area contributed by atoms with Gasteiger partial charge in [0.25, 0.3) is 0 Å². The SMILES string of the molecule is C=CCn1c(=O)n(CC(C)O)c(=O)n(CC(O)COC(=O)CCCC(=O)Cc2ccccc2CC(=O)CCCC(=O)OC)c1=O. The summed E-state index contributed by atoms with van der Waals surface area (Å²) in [6.45, 7) is 3.14. The van der Waals surface area contributed by atoms with E-state index in [9.17, 15) is 43.8 Å². The molecule has 0 saturated heterocycles. The van der Waals surface area contributed by atoms with Crippen molar-refractivity contribution in [3.63, 3.8) is 0 Å². The van der Waals surface area contributed by atoms with Crippen LogP contribution in [0, 0.1) is 0 Å². The van der Waals surface area contributed by atoms with E-state index < -0.39 is 48.4 Å². The number of methoxy groups -OCH3 is 1. The Bertz CT molecular complexity index is 1530. The fourth-order valence-electron chi connectivity index (χ4n) is 4.54. The van der Waals surface area contributed by atoms with Gasteiger partial charge >= 0.3 is 29.0 Å². The minimum Gasteiger partial charge on any atom is -0.469 e. The number of allylic oxidation sites excluding steroid dienone is 1. The summed E-state index contributed by atoms with van der Waals surface area (Å²) >= 11 is 0. The van der Waals surface area contributed by atoms with E-state index in [1.807, 2.05) is 0 Å². The van der Waals surface area contributed by atoms with Gasteiger partial charge in [0.15, 0.2) is 0 Å². The molecule has 2 unspecified atom stereocenters. The Hall–Kier alpha value is -4.43. The molecule has 2 aromatic rings. The molecule has 14 nitrogen and oxygen atoms in total. The molecule has 0 fully saturated rings. The Morgan fingerprint density at radius 1 is 0.800 bits per heavy atom. The smallest absolute Gasteiger partial charge is 0.336 e. The molecule has 0 spiro atoms. The van der Waals surface area contributed by atoms with Crippen LogP contribution in [0.1, 0.15) is 56.6 Å². The van der Waals surface area contributed by atoms with Gasteiger partial charge < -0.3 is 19.7 Å². The van der Waals surface area contributed by atoms with Gasteiger partial charge in [-0.15, -0.1) is 6.58 Å². The van der Waals surface area contributed by atoms with Gasteiger partial charge in [-0.2, -0.15) is 0 Å². The number of rotatable bonds is 20. The van der Waals surface area contributed by atoms with E-state index in [0.717, 1.165) is 10.1 Å². The van der Waals surface area contributed by atoms with Crippen LogP contribution >= 0.6 is 0 Å². The molecule has 14 heteroatoms. The van der Waals surface area contributed by atoms with Crippen molar-refractivity contribution in [1.29, 1.82) is 0 Å². The van der Waals surface area contributed by atoms with Gasteiger partial charge in [-0.25, -0.2) is 28.1 Å². The first-order valence-corrected chi connectivity index (χ1v) is 14.6. The number of carbonyl (C=O) groups is 4. The topological polar surface area (TPSA) is 193 Å². The minimum absolute atomic E-state index is 0.0579. The van der Waals surface area contributed by atoms with Gasteiger partial charge in [-0.1, -0.05) is 30.3 Å². The van der Waals surface area contributed by atoms with Crippen molar-refractivity contribution >= 4 is 23.5 Å². The summed E-state index contributed by atoms with van der Waals surface area (Å²) in [5.74, 6) is -1.28. The van der Waals surface area contributed by atoms with Gasteiger partial charge in [0.1, 0.15) is 24.3 Å². The summed E-state index contributed by atoms with van der Waals surface area (Å²) in [6, 6.07) is 7.07. The Morgan fingerprint density at radius 3 is 1.78 bits per heavy atom. The van der Waals surface area contributed by atoms with Crippen molar-refractivity contribution in [2.24, 2.45) is 0 Å². The molecule has 0 aliphatic heterocycles. The molecule has 0 aliphatic carbocycles. The molecule has 246 valence electrons. The molecule has 2 rings (SSSR count). The van der Waals surface area contributed by atoms with E-state index in [0.29, 0.717) is 21.1 Å². The first-order chi connectivity index (χ1) is 21.4. The molecule has 1 aromatic carbocycles. The van der Waals surface area contributed by atoms with Crippen molar-refractivity contribution in [2.45, 2.75) is 90.1 Å². The average Bonchev–Trinajstić information content (AvgIpc) is 2.99. The lowest BCUT2D eigenvalue weighted by atomic mass is 9.95. The summed E-state index contributed by atoms with van der Waals surface area (Å²) in [6.07, 6.45) is -0.151. The van der Waals surface area contributed by atoms with Crippen LogP contribution in [-0.4, -0.2) is 73.3 Å². The minimum atomic E-state index is -1.46. The summed E-state index contributed by atoms with van der Waals surface area (Å²) in [5, 5.41) is 20.0. The Labute approximate surface area is 259 Å². The Balaban J connectivity index is 1.87. The van der Waals surface area contributed by atoms with Crippen molar-refractivity contribution in [3.8, 4) is 0 Å². The van der Waals surface area contributed by atoms with Gasteiger partial charge in [-0.3, -0.25) is 19.2 Å². The predicted octanol–water partition coefficient (Wildman–Crippen LogP) is 0.0796. The predicted molar refractivity (Wildman–Crippen MR) is 162 cm³/mol. The molecule has 1 heterocycles. The third-order valence-electron chi connectivity index (χ3n) is 6.77. The highest BCUT2D eigenvalue weighted by Crippen LogP contribution is 2.14. The van der Waals surface area contributed by atoms with Crippen molar-refractivity contribution in [2.75, 3.05) is 13.7 Å². The molecule has 2 atom stereocenters. The maximum absolute atomic E-state index is 12.8. The summed E-state index contributed by atoms with van der Waals surface area (Å²) in [7, 11) is 1.29. The van der Waals surface area contributed by atoms with Crippen LogP contribution in [0.2, 0.25) is 0 Å². The normalized spacial score (nSPS) is 12.3. The van der Waals surface area contributed by atoms with Crippen LogP contribution in [0.5, 0.6) is 0 Å². The maximum Gasteiger partial charge on any atom is 0.336 e. The molecule has 0 amide bonds. The molecule has 0 saturated carbocycles. The Kier molecular flexibility index (Phi) is 15.0. The number of hydrogen-bond donors (Lipinski definition) is 2. The number of ketones is 2. The number of esters is 2. The van der Waals surface area contributed by atoms with Crippen molar-refractivity contribution < 1.29 is 38.9 Å². The highest BCUT2D eigenvalue weighted by Gasteiger charge is 2.20. The van der Waals surface area contributed by atoms with E-state index in [2.05, 4.69) is 11.3 Å². The number of aliphatic hydroxyl groups is 2. The van der Waals surface area contributed by atoms with E-state index >= 15 is 0 Å². The number of aromatic nitrogens is 3. The molecule has 45 heavy (non-hydrogen) atoms. The van der Waals surface area contributed by atoms with Crippen LogP contribution in [0.15, 0.2) is 51.3 Å². The molecule has 0 aliphatic rings. The lowest BCUT2D eigenvalue weighted by Crippen LogP contribution is -2.56. The monoisotopic (exact) mass is 631 g/mol. The van der Waals surface area contributed by atoms with Crippen LogP contribution in [0.3, 0.4) is 0 Å². The van der Waals surface area contributed by atoms with Crippen LogP contribution in [0.25, 0.3) is 0 Å². The van der Waals surface area contributed by atoms with E-state index in [4.69, 9.17) is 4.74 Å². The van der Waals surface area contributed by atoms with Gasteiger partial charge in [-0.05, 0) is 30.9 Å². The number of hydrogen-bond acceptors (Lipinski definition) is 11. The first kappa shape index (κ1) is 36.8.